The first-order valence-corrected chi connectivity index (χ1v) is 4.79. The molecule has 0 spiro atoms. The Morgan fingerprint density at radius 3 is 2.17 bits per heavy atom. The Morgan fingerprint density at radius 1 is 1.06 bits per heavy atom. The van der Waals surface area contributed by atoms with Crippen molar-refractivity contribution in [2.24, 2.45) is 0 Å². The van der Waals surface area contributed by atoms with Gasteiger partial charge in [-0.05, 0) is 0 Å². The first-order chi connectivity index (χ1) is 8.58. The number of rotatable bonds is 2. The van der Waals surface area contributed by atoms with Crippen LogP contribution in [-0.2, 0) is 0 Å². The Morgan fingerprint density at radius 2 is 1.61 bits per heavy atom. The number of nitrogens with one attached hydrogen (secondary N) is 1. The number of hydrogen-bond acceptors (Lipinski definition) is 3. The van der Waals surface area contributed by atoms with Crippen LogP contribution in [0.3, 0.4) is 0 Å². The Bertz CT molecular complexity index is 566. The number of hydrogen-bond donors (Lipinski definition) is 1. The van der Waals surface area contributed by atoms with E-state index in [-0.39, 0.29) is 5.56 Å². The van der Waals surface area contributed by atoms with Gasteiger partial charge in [-0.2, -0.15) is 0 Å². The summed E-state index contributed by atoms with van der Waals surface area (Å²) in [6.45, 7) is 0. The van der Waals surface area contributed by atoms with Crippen molar-refractivity contribution in [3.05, 3.63) is 53.9 Å². The van der Waals surface area contributed by atoms with E-state index >= 15 is 0 Å². The van der Waals surface area contributed by atoms with E-state index in [1.165, 1.54) is 18.7 Å². The van der Waals surface area contributed by atoms with Gasteiger partial charge >= 0.3 is 0 Å². The van der Waals surface area contributed by atoms with Crippen molar-refractivity contribution in [1.82, 2.24) is 9.97 Å². The smallest absolute Gasteiger partial charge is 0.258 e. The zero-order valence-electron chi connectivity index (χ0n) is 8.82. The average molecular weight is 253 g/mol. The summed E-state index contributed by atoms with van der Waals surface area (Å²) >= 11 is 0. The summed E-state index contributed by atoms with van der Waals surface area (Å²) in [4.78, 5) is 18.8. The summed E-state index contributed by atoms with van der Waals surface area (Å²) in [5, 5.41) is 1.99. The molecule has 0 radical (unpaired) electrons. The third-order valence-electron chi connectivity index (χ3n) is 2.07. The van der Waals surface area contributed by atoms with Crippen molar-refractivity contribution in [3.8, 4) is 0 Å². The van der Waals surface area contributed by atoms with E-state index in [1.807, 2.05) is 5.32 Å². The maximum Gasteiger partial charge on any atom is 0.258 e. The van der Waals surface area contributed by atoms with E-state index in [9.17, 15) is 18.0 Å². The number of nitrogens with zero attached hydrogens (tertiary/aromatic N) is 2. The molecule has 2 aromatic rings. The molecule has 1 amide bonds. The summed E-state index contributed by atoms with van der Waals surface area (Å²) in [7, 11) is 0. The molecule has 0 atom stereocenters. The highest BCUT2D eigenvalue weighted by Gasteiger charge is 2.15. The van der Waals surface area contributed by atoms with Crippen LogP contribution in [0.4, 0.5) is 18.9 Å². The van der Waals surface area contributed by atoms with Crippen molar-refractivity contribution in [2.45, 2.75) is 0 Å². The topological polar surface area (TPSA) is 54.9 Å². The molecule has 92 valence electrons. The molecule has 4 nitrogen and oxygen atoms in total. The van der Waals surface area contributed by atoms with Crippen LogP contribution in [-0.4, -0.2) is 15.9 Å². The molecule has 0 aliphatic carbocycles. The van der Waals surface area contributed by atoms with Gasteiger partial charge in [0, 0.05) is 24.5 Å². The second-order valence-corrected chi connectivity index (χ2v) is 3.33. The Kier molecular flexibility index (Phi) is 3.22. The number of carbonyl (C=O) groups is 1. The summed E-state index contributed by atoms with van der Waals surface area (Å²) in [6, 6.07) is 0.945. The molecule has 1 aromatic carbocycles. The number of anilines is 1. The first kappa shape index (κ1) is 12.0. The predicted octanol–water partition coefficient (Wildman–Crippen LogP) is 2.15. The number of carbonyl (C=O) groups excluding carboxylic acids is 1. The summed E-state index contributed by atoms with van der Waals surface area (Å²) < 4.78 is 39.2. The van der Waals surface area contributed by atoms with Gasteiger partial charge in [0.05, 0.1) is 5.56 Å². The zero-order valence-corrected chi connectivity index (χ0v) is 8.82. The lowest BCUT2D eigenvalue weighted by Crippen LogP contribution is -2.15. The lowest BCUT2D eigenvalue weighted by Gasteiger charge is -2.07. The van der Waals surface area contributed by atoms with E-state index in [0.717, 1.165) is 0 Å². The second kappa shape index (κ2) is 4.82. The molecule has 7 heteroatoms. The van der Waals surface area contributed by atoms with Crippen molar-refractivity contribution >= 4 is 11.6 Å². The molecule has 1 N–H and O–H groups in total. The SMILES string of the molecule is O=C(Nc1c(F)cc(F)cc1F)c1cncnc1. The highest BCUT2D eigenvalue weighted by atomic mass is 19.1. The minimum Gasteiger partial charge on any atom is -0.317 e. The third kappa shape index (κ3) is 2.45. The monoisotopic (exact) mass is 253 g/mol. The largest absolute Gasteiger partial charge is 0.317 e. The summed E-state index contributed by atoms with van der Waals surface area (Å²) in [5.74, 6) is -4.25. The minimum atomic E-state index is -1.20. The molecule has 18 heavy (non-hydrogen) atoms. The van der Waals surface area contributed by atoms with Crippen LogP contribution in [0, 0.1) is 17.5 Å². The minimum absolute atomic E-state index is 0.0284. The van der Waals surface area contributed by atoms with Crippen LogP contribution in [0.2, 0.25) is 0 Å². The van der Waals surface area contributed by atoms with Crippen LogP contribution in [0.25, 0.3) is 0 Å². The Balaban J connectivity index is 2.28. The molecule has 2 rings (SSSR count). The maximum absolute atomic E-state index is 13.3. The molecule has 0 saturated carbocycles. The highest BCUT2D eigenvalue weighted by Crippen LogP contribution is 2.20. The molecule has 1 heterocycles. The highest BCUT2D eigenvalue weighted by molar-refractivity contribution is 6.03. The van der Waals surface area contributed by atoms with E-state index in [2.05, 4.69) is 9.97 Å². The lowest BCUT2D eigenvalue weighted by atomic mass is 10.2. The van der Waals surface area contributed by atoms with Gasteiger partial charge in [0.25, 0.3) is 5.91 Å². The van der Waals surface area contributed by atoms with Crippen molar-refractivity contribution < 1.29 is 18.0 Å². The second-order valence-electron chi connectivity index (χ2n) is 3.33. The summed E-state index contributed by atoms with van der Waals surface area (Å²) in [5.41, 5.74) is -0.689. The normalized spacial score (nSPS) is 10.2. The van der Waals surface area contributed by atoms with Gasteiger partial charge in [0.2, 0.25) is 0 Å². The third-order valence-corrected chi connectivity index (χ3v) is 2.07. The number of benzene rings is 1. The van der Waals surface area contributed by atoms with E-state index < -0.39 is 29.0 Å². The van der Waals surface area contributed by atoms with Gasteiger partial charge in [0.1, 0.15) is 17.8 Å². The van der Waals surface area contributed by atoms with Crippen LogP contribution in [0.15, 0.2) is 30.9 Å². The molecule has 0 bridgehead atoms. The van der Waals surface area contributed by atoms with Gasteiger partial charge in [-0.3, -0.25) is 4.79 Å². The van der Waals surface area contributed by atoms with Gasteiger partial charge in [-0.1, -0.05) is 0 Å². The molecule has 0 fully saturated rings. The Hall–Kier alpha value is -2.44. The first-order valence-electron chi connectivity index (χ1n) is 4.79. The summed E-state index contributed by atoms with van der Waals surface area (Å²) in [6.07, 6.45) is 3.57. The molecule has 0 aliphatic rings. The van der Waals surface area contributed by atoms with E-state index in [1.54, 1.807) is 0 Å². The number of amides is 1. The van der Waals surface area contributed by atoms with Crippen LogP contribution in [0.5, 0.6) is 0 Å². The van der Waals surface area contributed by atoms with Crippen molar-refractivity contribution in [1.29, 1.82) is 0 Å². The fourth-order valence-corrected chi connectivity index (χ4v) is 1.26. The van der Waals surface area contributed by atoms with E-state index in [4.69, 9.17) is 0 Å². The van der Waals surface area contributed by atoms with Crippen molar-refractivity contribution in [3.63, 3.8) is 0 Å². The van der Waals surface area contributed by atoms with Gasteiger partial charge < -0.3 is 5.32 Å². The van der Waals surface area contributed by atoms with Gasteiger partial charge in [-0.25, -0.2) is 23.1 Å². The van der Waals surface area contributed by atoms with E-state index in [0.29, 0.717) is 12.1 Å². The quantitative estimate of drug-likeness (QED) is 0.892. The van der Waals surface area contributed by atoms with Gasteiger partial charge in [0.15, 0.2) is 11.6 Å². The van der Waals surface area contributed by atoms with Crippen molar-refractivity contribution in [2.75, 3.05) is 5.32 Å². The Labute approximate surface area is 99.5 Å². The maximum atomic E-state index is 13.3. The fraction of sp³-hybridized carbons (Fsp3) is 0. The van der Waals surface area contributed by atoms with Crippen LogP contribution in [0.1, 0.15) is 10.4 Å². The zero-order chi connectivity index (χ0) is 13.1. The molecule has 0 unspecified atom stereocenters. The van der Waals surface area contributed by atoms with Gasteiger partial charge in [-0.15, -0.1) is 0 Å². The molecule has 0 saturated heterocycles. The average Bonchev–Trinajstić information content (AvgIpc) is 2.34. The molecular weight excluding hydrogens is 247 g/mol. The molecule has 0 aliphatic heterocycles. The van der Waals surface area contributed by atoms with Crippen LogP contribution < -0.4 is 5.32 Å². The number of aromatic nitrogens is 2. The predicted molar refractivity (Wildman–Crippen MR) is 56.3 cm³/mol. The number of halogens is 3. The fourth-order valence-electron chi connectivity index (χ4n) is 1.26. The lowest BCUT2D eigenvalue weighted by molar-refractivity contribution is 0.102. The van der Waals surface area contributed by atoms with Crippen LogP contribution >= 0.6 is 0 Å². The molecular formula is C11H6F3N3O. The molecule has 1 aromatic heterocycles. The standard InChI is InChI=1S/C11H6F3N3O/c12-7-1-8(13)10(9(14)2-7)17-11(18)6-3-15-5-16-4-6/h1-5H,(H,17,18).